The Morgan fingerprint density at radius 2 is 2.06 bits per heavy atom. The van der Waals surface area contributed by atoms with Gasteiger partial charge in [0.25, 0.3) is 0 Å². The molecule has 6 heteroatoms. The molecule has 0 aromatic heterocycles. The van der Waals surface area contributed by atoms with Crippen molar-refractivity contribution in [3.05, 3.63) is 28.8 Å². The monoisotopic (exact) mass is 258 g/mol. The first-order valence-electron chi connectivity index (χ1n) is 4.59. The van der Waals surface area contributed by atoms with Crippen LogP contribution < -0.4 is 4.72 Å². The van der Waals surface area contributed by atoms with Crippen LogP contribution >= 0.6 is 11.6 Å². The van der Waals surface area contributed by atoms with Crippen molar-refractivity contribution in [2.45, 2.75) is 24.8 Å². The largest absolute Gasteiger partial charge is 0.240 e. The molecule has 0 atom stereocenters. The van der Waals surface area contributed by atoms with Gasteiger partial charge in [0, 0.05) is 6.04 Å². The van der Waals surface area contributed by atoms with Crippen molar-refractivity contribution in [2.24, 2.45) is 0 Å². The third-order valence-electron chi connectivity index (χ3n) is 1.76. The van der Waals surface area contributed by atoms with E-state index >= 15 is 0 Å². The molecule has 0 radical (unpaired) electrons. The van der Waals surface area contributed by atoms with E-state index in [9.17, 15) is 8.42 Å². The van der Waals surface area contributed by atoms with Crippen molar-refractivity contribution < 1.29 is 8.42 Å². The number of benzene rings is 1. The van der Waals surface area contributed by atoms with Crippen molar-refractivity contribution in [3.8, 4) is 6.07 Å². The fourth-order valence-corrected chi connectivity index (χ4v) is 2.70. The van der Waals surface area contributed by atoms with Crippen LogP contribution in [-0.2, 0) is 10.0 Å². The molecule has 16 heavy (non-hydrogen) atoms. The van der Waals surface area contributed by atoms with Crippen LogP contribution in [0.25, 0.3) is 0 Å². The molecule has 1 aromatic carbocycles. The van der Waals surface area contributed by atoms with Crippen molar-refractivity contribution in [1.29, 1.82) is 5.26 Å². The Hall–Kier alpha value is -1.09. The lowest BCUT2D eigenvalue weighted by Gasteiger charge is -2.09. The van der Waals surface area contributed by atoms with Crippen molar-refractivity contribution in [3.63, 3.8) is 0 Å². The first-order valence-corrected chi connectivity index (χ1v) is 6.45. The van der Waals surface area contributed by atoms with Gasteiger partial charge in [-0.25, -0.2) is 13.1 Å². The minimum Gasteiger partial charge on any atom is -0.209 e. The molecule has 4 nitrogen and oxygen atoms in total. The maximum absolute atomic E-state index is 11.7. The number of halogens is 1. The number of rotatable bonds is 3. The average Bonchev–Trinajstić information content (AvgIpc) is 2.15. The summed E-state index contributed by atoms with van der Waals surface area (Å²) in [6.45, 7) is 3.45. The van der Waals surface area contributed by atoms with Gasteiger partial charge in [0.15, 0.2) is 0 Å². The standard InChI is InChI=1S/C10H11ClN2O2S/c1-7(2)13-16(14,15)9-4-3-8(6-12)10(11)5-9/h3-5,7,13H,1-2H3. The lowest BCUT2D eigenvalue weighted by atomic mass is 10.2. The smallest absolute Gasteiger partial charge is 0.209 e. The van der Waals surface area contributed by atoms with Crippen LogP contribution in [0.5, 0.6) is 0 Å². The van der Waals surface area contributed by atoms with E-state index in [1.807, 2.05) is 6.07 Å². The van der Waals surface area contributed by atoms with E-state index in [0.29, 0.717) is 0 Å². The van der Waals surface area contributed by atoms with E-state index in [0.717, 1.165) is 0 Å². The fraction of sp³-hybridized carbons (Fsp3) is 0.300. The lowest BCUT2D eigenvalue weighted by Crippen LogP contribution is -2.30. The summed E-state index contributed by atoms with van der Waals surface area (Å²) < 4.78 is 25.9. The normalized spacial score (nSPS) is 11.4. The molecule has 0 heterocycles. The number of nitrogens with one attached hydrogen (secondary N) is 1. The summed E-state index contributed by atoms with van der Waals surface area (Å²) in [6, 6.07) is 5.68. The van der Waals surface area contributed by atoms with Gasteiger partial charge >= 0.3 is 0 Å². The van der Waals surface area contributed by atoms with Crippen molar-refractivity contribution in [1.82, 2.24) is 4.72 Å². The number of sulfonamides is 1. The average molecular weight is 259 g/mol. The van der Waals surface area contributed by atoms with Crippen molar-refractivity contribution >= 4 is 21.6 Å². The molecule has 1 aromatic rings. The Kier molecular flexibility index (Phi) is 3.92. The molecule has 86 valence electrons. The van der Waals surface area contributed by atoms with E-state index < -0.39 is 10.0 Å². The number of nitrogens with zero attached hydrogens (tertiary/aromatic N) is 1. The van der Waals surface area contributed by atoms with Crippen molar-refractivity contribution in [2.75, 3.05) is 0 Å². The quantitative estimate of drug-likeness (QED) is 0.900. The van der Waals surface area contributed by atoms with Crippen LogP contribution in [0.1, 0.15) is 19.4 Å². The molecule has 0 saturated carbocycles. The Morgan fingerprint density at radius 3 is 2.50 bits per heavy atom. The molecular weight excluding hydrogens is 248 g/mol. The minimum atomic E-state index is -3.55. The van der Waals surface area contributed by atoms with Gasteiger partial charge in [0.1, 0.15) is 6.07 Å². The predicted molar refractivity (Wildman–Crippen MR) is 61.6 cm³/mol. The number of hydrogen-bond donors (Lipinski definition) is 1. The van der Waals surface area contributed by atoms with Crippen LogP contribution in [0.2, 0.25) is 5.02 Å². The zero-order valence-electron chi connectivity index (χ0n) is 8.86. The minimum absolute atomic E-state index is 0.0604. The summed E-state index contributed by atoms with van der Waals surface area (Å²) in [4.78, 5) is 0.0604. The van der Waals surface area contributed by atoms with Gasteiger partial charge in [-0.05, 0) is 32.0 Å². The highest BCUT2D eigenvalue weighted by atomic mass is 35.5. The second-order valence-electron chi connectivity index (χ2n) is 3.53. The van der Waals surface area contributed by atoms with E-state index in [1.165, 1.54) is 18.2 Å². The zero-order chi connectivity index (χ0) is 12.3. The van der Waals surface area contributed by atoms with E-state index in [2.05, 4.69) is 4.72 Å². The predicted octanol–water partition coefficient (Wildman–Crippen LogP) is 1.90. The molecule has 0 unspecified atom stereocenters. The Labute approximate surface area is 99.9 Å². The maximum Gasteiger partial charge on any atom is 0.240 e. The van der Waals surface area contributed by atoms with Gasteiger partial charge < -0.3 is 0 Å². The fourth-order valence-electron chi connectivity index (χ4n) is 1.13. The second-order valence-corrected chi connectivity index (χ2v) is 5.65. The summed E-state index contributed by atoms with van der Waals surface area (Å²) >= 11 is 5.76. The van der Waals surface area contributed by atoms with E-state index in [1.54, 1.807) is 13.8 Å². The van der Waals surface area contributed by atoms with Gasteiger partial charge in [0.2, 0.25) is 10.0 Å². The molecule has 0 fully saturated rings. The van der Waals surface area contributed by atoms with Crippen LogP contribution in [0, 0.1) is 11.3 Å². The second kappa shape index (κ2) is 4.83. The molecule has 0 saturated heterocycles. The summed E-state index contributed by atoms with van der Waals surface area (Å²) in [5.41, 5.74) is 0.255. The molecule has 1 rings (SSSR count). The topological polar surface area (TPSA) is 70.0 Å². The van der Waals surface area contributed by atoms with Gasteiger partial charge in [-0.1, -0.05) is 11.6 Å². The highest BCUT2D eigenvalue weighted by Gasteiger charge is 2.16. The Morgan fingerprint density at radius 1 is 1.44 bits per heavy atom. The van der Waals surface area contributed by atoms with Gasteiger partial charge in [0.05, 0.1) is 15.5 Å². The van der Waals surface area contributed by atoms with Crippen LogP contribution in [0.15, 0.2) is 23.1 Å². The molecule has 0 spiro atoms. The number of nitriles is 1. The summed E-state index contributed by atoms with van der Waals surface area (Å²) in [5.74, 6) is 0. The third-order valence-corrected chi connectivity index (χ3v) is 3.73. The van der Waals surface area contributed by atoms with Gasteiger partial charge in [-0.3, -0.25) is 0 Å². The lowest BCUT2D eigenvalue weighted by molar-refractivity contribution is 0.570. The summed E-state index contributed by atoms with van der Waals surface area (Å²) in [5, 5.41) is 8.79. The third kappa shape index (κ3) is 2.95. The summed E-state index contributed by atoms with van der Waals surface area (Å²) in [6.07, 6.45) is 0. The van der Waals surface area contributed by atoms with E-state index in [-0.39, 0.29) is 21.5 Å². The maximum atomic E-state index is 11.7. The van der Waals surface area contributed by atoms with Gasteiger partial charge in [-0.2, -0.15) is 5.26 Å². The highest BCUT2D eigenvalue weighted by Crippen LogP contribution is 2.20. The molecule has 0 bridgehead atoms. The molecule has 0 aliphatic carbocycles. The van der Waals surface area contributed by atoms with Gasteiger partial charge in [-0.15, -0.1) is 0 Å². The number of hydrogen-bond acceptors (Lipinski definition) is 3. The summed E-state index contributed by atoms with van der Waals surface area (Å²) in [7, 11) is -3.55. The first-order chi connectivity index (χ1) is 7.36. The molecule has 0 amide bonds. The molecule has 1 N–H and O–H groups in total. The van der Waals surface area contributed by atoms with E-state index in [4.69, 9.17) is 16.9 Å². The van der Waals surface area contributed by atoms with Crippen LogP contribution in [-0.4, -0.2) is 14.5 Å². The van der Waals surface area contributed by atoms with Crippen LogP contribution in [0.4, 0.5) is 0 Å². The Bertz CT molecular complexity index is 532. The first kappa shape index (κ1) is 13.0. The Balaban J connectivity index is 3.17. The molecule has 0 aliphatic heterocycles. The SMILES string of the molecule is CC(C)NS(=O)(=O)c1ccc(C#N)c(Cl)c1. The van der Waals surface area contributed by atoms with Crippen LogP contribution in [0.3, 0.4) is 0 Å². The highest BCUT2D eigenvalue weighted by molar-refractivity contribution is 7.89. The zero-order valence-corrected chi connectivity index (χ0v) is 10.4. The molecular formula is C10H11ClN2O2S. The molecule has 0 aliphatic rings.